The molecule has 140 valence electrons. The summed E-state index contributed by atoms with van der Waals surface area (Å²) in [6.45, 7) is 2.42. The first kappa shape index (κ1) is 19.5. The summed E-state index contributed by atoms with van der Waals surface area (Å²) in [7, 11) is -2.49. The number of hydrogen-bond acceptors (Lipinski definition) is 4. The van der Waals surface area contributed by atoms with E-state index in [0.717, 1.165) is 10.4 Å². The molecule has 25 heavy (non-hydrogen) atoms. The second-order valence-corrected chi connectivity index (χ2v) is 7.62. The summed E-state index contributed by atoms with van der Waals surface area (Å²) in [5, 5.41) is 0. The van der Waals surface area contributed by atoms with Gasteiger partial charge in [-0.25, -0.2) is 13.6 Å². The third-order valence-corrected chi connectivity index (χ3v) is 5.83. The van der Waals surface area contributed by atoms with E-state index in [1.165, 1.54) is 22.3 Å². The van der Waals surface area contributed by atoms with Crippen molar-refractivity contribution in [3.05, 3.63) is 35.4 Å². The molecule has 7 nitrogen and oxygen atoms in total. The summed E-state index contributed by atoms with van der Waals surface area (Å²) in [4.78, 5) is 13.1. The van der Waals surface area contributed by atoms with E-state index in [4.69, 9.17) is 4.74 Å². The minimum Gasteiger partial charge on any atom is -0.450 e. The van der Waals surface area contributed by atoms with Crippen LogP contribution >= 0.6 is 0 Å². The van der Waals surface area contributed by atoms with Gasteiger partial charge in [0.05, 0.1) is 6.61 Å². The fourth-order valence-corrected chi connectivity index (χ4v) is 3.81. The van der Waals surface area contributed by atoms with Gasteiger partial charge in [0.1, 0.15) is 11.6 Å². The maximum absolute atomic E-state index is 13.7. The molecule has 0 spiro atoms. The van der Waals surface area contributed by atoms with Gasteiger partial charge in [-0.05, 0) is 13.0 Å². The fourth-order valence-electron chi connectivity index (χ4n) is 2.48. The van der Waals surface area contributed by atoms with Crippen molar-refractivity contribution in [2.45, 2.75) is 13.5 Å². The SMILES string of the molecule is CCOC(=O)N1CCN(S(=O)(=O)N(C)Cc2ccc(F)cc2F)CC1. The fraction of sp³-hybridized carbons (Fsp3) is 0.533. The lowest BCUT2D eigenvalue weighted by molar-refractivity contribution is 0.0925. The number of nitrogens with zero attached hydrogens (tertiary/aromatic N) is 3. The van der Waals surface area contributed by atoms with Gasteiger partial charge in [-0.1, -0.05) is 6.07 Å². The predicted molar refractivity (Wildman–Crippen MR) is 86.9 cm³/mol. The van der Waals surface area contributed by atoms with Crippen LogP contribution in [-0.4, -0.2) is 67.9 Å². The van der Waals surface area contributed by atoms with Crippen molar-refractivity contribution in [2.24, 2.45) is 0 Å². The molecule has 0 aliphatic carbocycles. The zero-order chi connectivity index (χ0) is 18.6. The molecular weight excluding hydrogens is 356 g/mol. The Morgan fingerprint density at radius 1 is 1.24 bits per heavy atom. The van der Waals surface area contributed by atoms with E-state index in [0.29, 0.717) is 6.07 Å². The lowest BCUT2D eigenvalue weighted by Gasteiger charge is -2.35. The monoisotopic (exact) mass is 377 g/mol. The smallest absolute Gasteiger partial charge is 0.409 e. The summed E-state index contributed by atoms with van der Waals surface area (Å²) >= 11 is 0. The largest absolute Gasteiger partial charge is 0.450 e. The zero-order valence-electron chi connectivity index (χ0n) is 14.1. The maximum atomic E-state index is 13.7. The Bertz CT molecular complexity index is 721. The van der Waals surface area contributed by atoms with E-state index in [-0.39, 0.29) is 44.9 Å². The minimum atomic E-state index is -3.82. The molecule has 1 saturated heterocycles. The van der Waals surface area contributed by atoms with Crippen molar-refractivity contribution in [3.63, 3.8) is 0 Å². The van der Waals surface area contributed by atoms with Gasteiger partial charge in [-0.15, -0.1) is 0 Å². The highest BCUT2D eigenvalue weighted by Gasteiger charge is 2.32. The Balaban J connectivity index is 2.00. The highest BCUT2D eigenvalue weighted by Crippen LogP contribution is 2.17. The molecule has 1 aliphatic heterocycles. The van der Waals surface area contributed by atoms with Crippen molar-refractivity contribution < 1.29 is 26.7 Å². The Morgan fingerprint density at radius 3 is 2.44 bits per heavy atom. The van der Waals surface area contributed by atoms with E-state index >= 15 is 0 Å². The molecule has 1 aromatic rings. The van der Waals surface area contributed by atoms with Gasteiger partial charge in [0.2, 0.25) is 0 Å². The lowest BCUT2D eigenvalue weighted by atomic mass is 10.2. The number of benzene rings is 1. The van der Waals surface area contributed by atoms with Crippen LogP contribution in [0.5, 0.6) is 0 Å². The van der Waals surface area contributed by atoms with E-state index in [9.17, 15) is 22.0 Å². The van der Waals surface area contributed by atoms with E-state index in [2.05, 4.69) is 0 Å². The normalized spacial score (nSPS) is 16.3. The summed E-state index contributed by atoms with van der Waals surface area (Å²) in [5.74, 6) is -1.52. The molecule has 0 atom stereocenters. The van der Waals surface area contributed by atoms with Gasteiger partial charge in [0.15, 0.2) is 0 Å². The highest BCUT2D eigenvalue weighted by atomic mass is 32.2. The Kier molecular flexibility index (Phi) is 6.31. The van der Waals surface area contributed by atoms with Crippen LogP contribution in [0, 0.1) is 11.6 Å². The van der Waals surface area contributed by atoms with Crippen LogP contribution in [0.3, 0.4) is 0 Å². The molecule has 0 unspecified atom stereocenters. The van der Waals surface area contributed by atoms with E-state index in [1.807, 2.05) is 0 Å². The number of halogens is 2. The number of carbonyl (C=O) groups is 1. The van der Waals surface area contributed by atoms with Crippen LogP contribution < -0.4 is 0 Å². The quantitative estimate of drug-likeness (QED) is 0.778. The van der Waals surface area contributed by atoms with Gasteiger partial charge in [0.25, 0.3) is 10.2 Å². The highest BCUT2D eigenvalue weighted by molar-refractivity contribution is 7.86. The minimum absolute atomic E-state index is 0.0811. The first-order chi connectivity index (χ1) is 11.8. The molecule has 1 heterocycles. The lowest BCUT2D eigenvalue weighted by Crippen LogP contribution is -2.53. The molecule has 1 fully saturated rings. The van der Waals surface area contributed by atoms with Crippen LogP contribution in [0.15, 0.2) is 18.2 Å². The number of amides is 1. The second kappa shape index (κ2) is 8.07. The number of ether oxygens (including phenoxy) is 1. The Morgan fingerprint density at radius 2 is 1.88 bits per heavy atom. The summed E-state index contributed by atoms with van der Waals surface area (Å²) in [6, 6.07) is 3.01. The molecule has 2 rings (SSSR count). The molecule has 0 aromatic heterocycles. The van der Waals surface area contributed by atoms with Crippen molar-refractivity contribution in [1.82, 2.24) is 13.5 Å². The van der Waals surface area contributed by atoms with E-state index in [1.54, 1.807) is 6.92 Å². The molecule has 1 amide bonds. The Labute approximate surface area is 145 Å². The van der Waals surface area contributed by atoms with Gasteiger partial charge < -0.3 is 9.64 Å². The zero-order valence-corrected chi connectivity index (χ0v) is 14.9. The van der Waals surface area contributed by atoms with Crippen LogP contribution in [0.1, 0.15) is 12.5 Å². The molecule has 0 radical (unpaired) electrons. The van der Waals surface area contributed by atoms with Crippen molar-refractivity contribution in [3.8, 4) is 0 Å². The van der Waals surface area contributed by atoms with Gasteiger partial charge in [-0.2, -0.15) is 17.0 Å². The average Bonchev–Trinajstić information content (AvgIpc) is 2.57. The third-order valence-electron chi connectivity index (χ3n) is 3.89. The standard InChI is InChI=1S/C15H21F2N3O4S/c1-3-24-15(21)19-6-8-20(9-7-19)25(22,23)18(2)11-12-4-5-13(16)10-14(12)17/h4-5,10H,3,6-9,11H2,1-2H3. The second-order valence-electron chi connectivity index (χ2n) is 5.58. The van der Waals surface area contributed by atoms with Gasteiger partial charge in [-0.3, -0.25) is 0 Å². The summed E-state index contributed by atoms with van der Waals surface area (Å²) in [5.41, 5.74) is 0.0811. The van der Waals surface area contributed by atoms with Crippen LogP contribution in [0.25, 0.3) is 0 Å². The summed E-state index contributed by atoms with van der Waals surface area (Å²) in [6.07, 6.45) is -0.471. The number of hydrogen-bond donors (Lipinski definition) is 0. The molecule has 1 aliphatic rings. The number of piperazine rings is 1. The molecule has 1 aromatic carbocycles. The van der Waals surface area contributed by atoms with Crippen LogP contribution in [0.4, 0.5) is 13.6 Å². The van der Waals surface area contributed by atoms with Gasteiger partial charge >= 0.3 is 6.09 Å². The molecule has 0 saturated carbocycles. The molecule has 10 heteroatoms. The Hall–Kier alpha value is -1.78. The predicted octanol–water partition coefficient (Wildman–Crippen LogP) is 1.42. The molecule has 0 bridgehead atoms. The third kappa shape index (κ3) is 4.65. The molecular formula is C15H21F2N3O4S. The van der Waals surface area contributed by atoms with Crippen molar-refractivity contribution in [1.29, 1.82) is 0 Å². The number of rotatable bonds is 5. The van der Waals surface area contributed by atoms with Crippen molar-refractivity contribution in [2.75, 3.05) is 39.8 Å². The van der Waals surface area contributed by atoms with Crippen molar-refractivity contribution >= 4 is 16.3 Å². The van der Waals surface area contributed by atoms with Crippen LogP contribution in [0.2, 0.25) is 0 Å². The number of carbonyl (C=O) groups excluding carboxylic acids is 1. The first-order valence-corrected chi connectivity index (χ1v) is 9.22. The topological polar surface area (TPSA) is 70.2 Å². The van der Waals surface area contributed by atoms with Gasteiger partial charge in [0, 0.05) is 51.4 Å². The van der Waals surface area contributed by atoms with E-state index < -0.39 is 27.9 Å². The maximum Gasteiger partial charge on any atom is 0.409 e. The van der Waals surface area contributed by atoms with Crippen LogP contribution in [-0.2, 0) is 21.5 Å². The molecule has 0 N–H and O–H groups in total. The first-order valence-electron chi connectivity index (χ1n) is 7.82. The average molecular weight is 377 g/mol. The summed E-state index contributed by atoms with van der Waals surface area (Å²) < 4.78 is 59.0.